The number of rotatable bonds is 2. The number of Topliss-reactive ketones (excluding diaryl/α,β-unsaturated/α-hetero) is 1. The Labute approximate surface area is 161 Å². The van der Waals surface area contributed by atoms with Gasteiger partial charge in [0, 0.05) is 35.8 Å². The van der Waals surface area contributed by atoms with Gasteiger partial charge in [0.2, 0.25) is 0 Å². The Morgan fingerprint density at radius 2 is 2.04 bits per heavy atom. The van der Waals surface area contributed by atoms with Crippen LogP contribution in [0.4, 0.5) is 0 Å². The Bertz CT molecular complexity index is 918. The smallest absolute Gasteiger partial charge is 0.337 e. The number of amides is 1. The molecule has 0 spiro atoms. The number of carbonyl (C=O) groups is 3. The van der Waals surface area contributed by atoms with Crippen LogP contribution in [0, 0.1) is 0 Å². The van der Waals surface area contributed by atoms with E-state index in [-0.39, 0.29) is 23.0 Å². The number of benzene rings is 1. The molecule has 6 nitrogen and oxygen atoms in total. The normalized spacial score (nSPS) is 22.3. The molecule has 1 saturated heterocycles. The van der Waals surface area contributed by atoms with Crippen molar-refractivity contribution in [3.8, 4) is 0 Å². The number of methoxy groups -OCH3 is 1. The molecule has 1 amide bonds. The summed E-state index contributed by atoms with van der Waals surface area (Å²) in [4.78, 5) is 40.3. The summed E-state index contributed by atoms with van der Waals surface area (Å²) in [5, 5.41) is 3.24. The van der Waals surface area contributed by atoms with E-state index in [4.69, 9.17) is 16.3 Å². The molecule has 0 bridgehead atoms. The molecular formula is C20H19ClN2O4. The topological polar surface area (TPSA) is 75.7 Å². The predicted molar refractivity (Wildman–Crippen MR) is 98.8 cm³/mol. The highest BCUT2D eigenvalue weighted by molar-refractivity contribution is 6.31. The summed E-state index contributed by atoms with van der Waals surface area (Å²) < 4.78 is 5.01. The fourth-order valence-electron chi connectivity index (χ4n) is 4.22. The average molecular weight is 387 g/mol. The lowest BCUT2D eigenvalue weighted by molar-refractivity contribution is -0.137. The van der Waals surface area contributed by atoms with Gasteiger partial charge in [-0.05, 0) is 24.5 Å². The van der Waals surface area contributed by atoms with E-state index in [0.717, 1.165) is 12.1 Å². The van der Waals surface area contributed by atoms with Crippen LogP contribution in [0.15, 0.2) is 46.8 Å². The van der Waals surface area contributed by atoms with Crippen molar-refractivity contribution in [3.05, 3.63) is 57.4 Å². The summed E-state index contributed by atoms with van der Waals surface area (Å²) in [6.45, 7) is 0.974. The molecule has 1 aromatic carbocycles. The van der Waals surface area contributed by atoms with E-state index in [0.29, 0.717) is 42.1 Å². The molecule has 4 rings (SSSR count). The number of nitrogens with one attached hydrogen (secondary N) is 1. The Hall–Kier alpha value is -2.60. The van der Waals surface area contributed by atoms with Gasteiger partial charge in [-0.1, -0.05) is 29.8 Å². The minimum atomic E-state index is -0.705. The largest absolute Gasteiger partial charge is 0.466 e. The first-order valence-electron chi connectivity index (χ1n) is 8.93. The van der Waals surface area contributed by atoms with Crippen LogP contribution in [-0.2, 0) is 19.1 Å². The second kappa shape index (κ2) is 6.85. The Kier molecular flexibility index (Phi) is 4.52. The SMILES string of the molecule is COC(=O)C1=C2C(=O)NCCN2C2=C(C(=O)CCC2)[C@@H]1c1ccccc1Cl. The molecule has 0 saturated carbocycles. The van der Waals surface area contributed by atoms with Crippen molar-refractivity contribution in [2.75, 3.05) is 20.2 Å². The van der Waals surface area contributed by atoms with Crippen LogP contribution in [0.1, 0.15) is 30.7 Å². The predicted octanol–water partition coefficient (Wildman–Crippen LogP) is 2.30. The first kappa shape index (κ1) is 17.8. The maximum atomic E-state index is 12.9. The molecule has 0 unspecified atom stereocenters. The van der Waals surface area contributed by atoms with Crippen LogP contribution in [-0.4, -0.2) is 42.8 Å². The molecule has 1 N–H and O–H groups in total. The summed E-state index contributed by atoms with van der Waals surface area (Å²) in [5.74, 6) is -1.66. The lowest BCUT2D eigenvalue weighted by atomic mass is 9.74. The molecule has 0 radical (unpaired) electrons. The Balaban J connectivity index is 2.04. The molecule has 7 heteroatoms. The number of nitrogens with zero attached hydrogens (tertiary/aromatic N) is 1. The van der Waals surface area contributed by atoms with Crippen LogP contribution in [0.2, 0.25) is 5.02 Å². The summed E-state index contributed by atoms with van der Waals surface area (Å²) in [5.41, 5.74) is 2.47. The third-order valence-electron chi connectivity index (χ3n) is 5.31. The van der Waals surface area contributed by atoms with Crippen molar-refractivity contribution >= 4 is 29.3 Å². The molecule has 2 aliphatic heterocycles. The van der Waals surface area contributed by atoms with Crippen LogP contribution in [0.5, 0.6) is 0 Å². The summed E-state index contributed by atoms with van der Waals surface area (Å²) >= 11 is 6.44. The molecule has 3 aliphatic rings. The third-order valence-corrected chi connectivity index (χ3v) is 5.66. The number of ketones is 1. The summed E-state index contributed by atoms with van der Waals surface area (Å²) in [6, 6.07) is 7.11. The number of ether oxygens (including phenoxy) is 1. The second-order valence-corrected chi connectivity index (χ2v) is 7.16. The van der Waals surface area contributed by atoms with Crippen LogP contribution in [0.25, 0.3) is 0 Å². The molecule has 2 heterocycles. The van der Waals surface area contributed by atoms with E-state index in [9.17, 15) is 14.4 Å². The highest BCUT2D eigenvalue weighted by Crippen LogP contribution is 2.48. The quantitative estimate of drug-likeness (QED) is 0.789. The molecule has 0 aromatic heterocycles. The fourth-order valence-corrected chi connectivity index (χ4v) is 4.46. The number of fused-ring (bicyclic) bond motifs is 2. The van der Waals surface area contributed by atoms with Gasteiger partial charge in [-0.15, -0.1) is 0 Å². The van der Waals surface area contributed by atoms with Gasteiger partial charge in [-0.25, -0.2) is 4.79 Å². The van der Waals surface area contributed by atoms with Gasteiger partial charge in [0.25, 0.3) is 5.91 Å². The van der Waals surface area contributed by atoms with Gasteiger partial charge >= 0.3 is 5.97 Å². The zero-order valence-electron chi connectivity index (χ0n) is 14.9. The minimum Gasteiger partial charge on any atom is -0.466 e. The van der Waals surface area contributed by atoms with E-state index in [1.165, 1.54) is 7.11 Å². The standard InChI is InChI=1S/C20H19ClN2O4/c1-27-20(26)17-15(11-5-2-3-6-12(11)21)16-13(7-4-8-14(16)24)23-10-9-22-19(25)18(17)23/h2-3,5-6,15H,4,7-10H2,1H3,(H,22,25)/t15-/m0/s1. The molecule has 140 valence electrons. The Morgan fingerprint density at radius 3 is 2.78 bits per heavy atom. The van der Waals surface area contributed by atoms with Crippen molar-refractivity contribution in [2.24, 2.45) is 0 Å². The van der Waals surface area contributed by atoms with E-state index in [1.54, 1.807) is 18.2 Å². The number of halogens is 1. The fraction of sp³-hybridized carbons (Fsp3) is 0.350. The summed E-state index contributed by atoms with van der Waals surface area (Å²) in [7, 11) is 1.28. The molecule has 1 aromatic rings. The highest BCUT2D eigenvalue weighted by Gasteiger charge is 2.46. The van der Waals surface area contributed by atoms with Crippen molar-refractivity contribution < 1.29 is 19.1 Å². The van der Waals surface area contributed by atoms with E-state index < -0.39 is 11.9 Å². The van der Waals surface area contributed by atoms with E-state index in [2.05, 4.69) is 5.32 Å². The number of hydrogen-bond acceptors (Lipinski definition) is 5. The van der Waals surface area contributed by atoms with E-state index in [1.807, 2.05) is 11.0 Å². The van der Waals surface area contributed by atoms with Gasteiger partial charge in [0.1, 0.15) is 5.70 Å². The lowest BCUT2D eigenvalue weighted by Crippen LogP contribution is -2.50. The zero-order valence-corrected chi connectivity index (χ0v) is 15.6. The number of allylic oxidation sites excluding steroid dienone is 2. The maximum Gasteiger partial charge on any atom is 0.337 e. The number of piperazine rings is 1. The van der Waals surface area contributed by atoms with Crippen molar-refractivity contribution in [1.82, 2.24) is 10.2 Å². The number of carbonyl (C=O) groups excluding carboxylic acids is 3. The molecular weight excluding hydrogens is 368 g/mol. The highest BCUT2D eigenvalue weighted by atomic mass is 35.5. The van der Waals surface area contributed by atoms with Crippen molar-refractivity contribution in [1.29, 1.82) is 0 Å². The van der Waals surface area contributed by atoms with Crippen LogP contribution < -0.4 is 5.32 Å². The first-order chi connectivity index (χ1) is 13.0. The van der Waals surface area contributed by atoms with Gasteiger partial charge in [-0.2, -0.15) is 0 Å². The summed E-state index contributed by atoms with van der Waals surface area (Å²) in [6.07, 6.45) is 1.84. The average Bonchev–Trinajstić information content (AvgIpc) is 2.67. The third kappa shape index (κ3) is 2.75. The number of hydrogen-bond donors (Lipinski definition) is 1. The number of esters is 1. The van der Waals surface area contributed by atoms with Gasteiger partial charge < -0.3 is 15.0 Å². The molecule has 1 aliphatic carbocycles. The monoisotopic (exact) mass is 386 g/mol. The maximum absolute atomic E-state index is 12.9. The van der Waals surface area contributed by atoms with Crippen LogP contribution in [0.3, 0.4) is 0 Å². The zero-order chi connectivity index (χ0) is 19.1. The molecule has 27 heavy (non-hydrogen) atoms. The molecule has 1 atom stereocenters. The van der Waals surface area contributed by atoms with Gasteiger partial charge in [0.05, 0.1) is 18.6 Å². The van der Waals surface area contributed by atoms with Crippen LogP contribution >= 0.6 is 11.6 Å². The van der Waals surface area contributed by atoms with Crippen molar-refractivity contribution in [3.63, 3.8) is 0 Å². The lowest BCUT2D eigenvalue weighted by Gasteiger charge is -2.43. The van der Waals surface area contributed by atoms with Gasteiger partial charge in [-0.3, -0.25) is 9.59 Å². The molecule has 1 fully saturated rings. The van der Waals surface area contributed by atoms with E-state index >= 15 is 0 Å². The van der Waals surface area contributed by atoms with Gasteiger partial charge in [0.15, 0.2) is 5.78 Å². The first-order valence-corrected chi connectivity index (χ1v) is 9.31. The minimum absolute atomic E-state index is 0.00685. The second-order valence-electron chi connectivity index (χ2n) is 6.75. The van der Waals surface area contributed by atoms with Crippen molar-refractivity contribution in [2.45, 2.75) is 25.2 Å². The Morgan fingerprint density at radius 1 is 1.26 bits per heavy atom.